The van der Waals surface area contributed by atoms with Crippen molar-refractivity contribution >= 4 is 22.6 Å². The highest BCUT2D eigenvalue weighted by molar-refractivity contribution is 5.89. The topological polar surface area (TPSA) is 88.9 Å². The standard InChI is InChI=1S/C18H17F2N5O2/c1-2-12(21-18(27)22-16-8-7-11(19)9-14(16)20)10-25-17(26)13-5-3-4-6-15(13)23-24-25/h3-9,12H,2,10H2,1H3,(H2,21,22,27)/t12-/m0/s1. The van der Waals surface area contributed by atoms with E-state index < -0.39 is 23.7 Å². The number of halogens is 2. The SMILES string of the molecule is CC[C@@H](Cn1nnc2ccccc2c1=O)NC(=O)Nc1ccc(F)cc1F. The molecule has 0 spiro atoms. The lowest BCUT2D eigenvalue weighted by atomic mass is 10.2. The third-order valence-corrected chi connectivity index (χ3v) is 4.03. The van der Waals surface area contributed by atoms with Crippen LogP contribution in [0.3, 0.4) is 0 Å². The third-order valence-electron chi connectivity index (χ3n) is 4.03. The lowest BCUT2D eigenvalue weighted by molar-refractivity contribution is 0.245. The van der Waals surface area contributed by atoms with Gasteiger partial charge in [0.15, 0.2) is 0 Å². The molecule has 0 saturated heterocycles. The smallest absolute Gasteiger partial charge is 0.319 e. The van der Waals surface area contributed by atoms with Crippen molar-refractivity contribution < 1.29 is 13.6 Å². The van der Waals surface area contributed by atoms with Crippen LogP contribution in [-0.4, -0.2) is 27.1 Å². The average Bonchev–Trinajstić information content (AvgIpc) is 2.65. The number of hydrogen-bond donors (Lipinski definition) is 2. The molecular formula is C18H17F2N5O2. The summed E-state index contributed by atoms with van der Waals surface area (Å²) >= 11 is 0. The maximum absolute atomic E-state index is 13.6. The van der Waals surface area contributed by atoms with Gasteiger partial charge >= 0.3 is 6.03 Å². The zero-order valence-corrected chi connectivity index (χ0v) is 14.4. The van der Waals surface area contributed by atoms with Crippen LogP contribution in [0, 0.1) is 11.6 Å². The summed E-state index contributed by atoms with van der Waals surface area (Å²) in [7, 11) is 0. The van der Waals surface area contributed by atoms with Gasteiger partial charge in [-0.2, -0.15) is 0 Å². The van der Waals surface area contributed by atoms with Crippen LogP contribution in [0.5, 0.6) is 0 Å². The highest BCUT2D eigenvalue weighted by atomic mass is 19.1. The fourth-order valence-corrected chi connectivity index (χ4v) is 2.56. The van der Waals surface area contributed by atoms with E-state index in [0.29, 0.717) is 23.4 Å². The molecule has 3 rings (SSSR count). The first-order chi connectivity index (χ1) is 13.0. The Kier molecular flexibility index (Phi) is 5.39. The normalized spacial score (nSPS) is 12.0. The van der Waals surface area contributed by atoms with Crippen LogP contribution < -0.4 is 16.2 Å². The lowest BCUT2D eigenvalue weighted by Gasteiger charge is -2.18. The van der Waals surface area contributed by atoms with E-state index in [4.69, 9.17) is 0 Å². The molecular weight excluding hydrogens is 356 g/mol. The van der Waals surface area contributed by atoms with Gasteiger partial charge in [-0.15, -0.1) is 5.10 Å². The van der Waals surface area contributed by atoms with Crippen molar-refractivity contribution in [1.29, 1.82) is 0 Å². The molecule has 0 unspecified atom stereocenters. The minimum absolute atomic E-state index is 0.104. The predicted molar refractivity (Wildman–Crippen MR) is 96.4 cm³/mol. The van der Waals surface area contributed by atoms with Crippen molar-refractivity contribution in [2.45, 2.75) is 25.9 Å². The van der Waals surface area contributed by atoms with Crippen LogP contribution in [0.2, 0.25) is 0 Å². The van der Waals surface area contributed by atoms with Crippen LogP contribution in [0.4, 0.5) is 19.3 Å². The number of fused-ring (bicyclic) bond motifs is 1. The second kappa shape index (κ2) is 7.90. The first-order valence-corrected chi connectivity index (χ1v) is 8.33. The Morgan fingerprint density at radius 3 is 2.74 bits per heavy atom. The quantitative estimate of drug-likeness (QED) is 0.720. The van der Waals surface area contributed by atoms with E-state index in [1.807, 2.05) is 6.92 Å². The number of anilines is 1. The van der Waals surface area contributed by atoms with Crippen molar-refractivity contribution in [3.63, 3.8) is 0 Å². The zero-order chi connectivity index (χ0) is 19.4. The molecule has 0 aliphatic heterocycles. The Balaban J connectivity index is 1.71. The van der Waals surface area contributed by atoms with Crippen LogP contribution in [0.25, 0.3) is 10.9 Å². The van der Waals surface area contributed by atoms with Crippen LogP contribution in [0.15, 0.2) is 47.3 Å². The summed E-state index contributed by atoms with van der Waals surface area (Å²) in [6, 6.07) is 8.57. The Labute approximate surface area is 153 Å². The molecule has 27 heavy (non-hydrogen) atoms. The Morgan fingerprint density at radius 1 is 1.22 bits per heavy atom. The fourth-order valence-electron chi connectivity index (χ4n) is 2.56. The van der Waals surface area contributed by atoms with Gasteiger partial charge in [-0.1, -0.05) is 24.3 Å². The Hall–Kier alpha value is -3.36. The van der Waals surface area contributed by atoms with Crippen LogP contribution >= 0.6 is 0 Å². The van der Waals surface area contributed by atoms with E-state index in [-0.39, 0.29) is 17.8 Å². The minimum atomic E-state index is -0.880. The minimum Gasteiger partial charge on any atom is -0.333 e. The van der Waals surface area contributed by atoms with Gasteiger partial charge in [-0.3, -0.25) is 4.79 Å². The van der Waals surface area contributed by atoms with Crippen molar-refractivity contribution in [1.82, 2.24) is 20.3 Å². The molecule has 0 aliphatic carbocycles. The van der Waals surface area contributed by atoms with Gasteiger partial charge in [0.05, 0.1) is 23.7 Å². The first-order valence-electron chi connectivity index (χ1n) is 8.33. The summed E-state index contributed by atoms with van der Waals surface area (Å²) in [5, 5.41) is 13.3. The van der Waals surface area contributed by atoms with Crippen LogP contribution in [-0.2, 0) is 6.54 Å². The van der Waals surface area contributed by atoms with Gasteiger partial charge in [0.25, 0.3) is 5.56 Å². The zero-order valence-electron chi connectivity index (χ0n) is 14.4. The molecule has 7 nitrogen and oxygen atoms in total. The van der Waals surface area contributed by atoms with Crippen LogP contribution in [0.1, 0.15) is 13.3 Å². The molecule has 0 aliphatic rings. The van der Waals surface area contributed by atoms with Gasteiger partial charge in [0.1, 0.15) is 17.2 Å². The van der Waals surface area contributed by atoms with Gasteiger partial charge in [-0.25, -0.2) is 18.3 Å². The molecule has 0 saturated carbocycles. The highest BCUT2D eigenvalue weighted by Crippen LogP contribution is 2.14. The maximum atomic E-state index is 13.6. The molecule has 2 aromatic carbocycles. The number of nitrogens with one attached hydrogen (secondary N) is 2. The summed E-state index contributed by atoms with van der Waals surface area (Å²) < 4.78 is 27.7. The molecule has 2 N–H and O–H groups in total. The predicted octanol–water partition coefficient (Wildman–Crippen LogP) is 2.67. The van der Waals surface area contributed by atoms with E-state index >= 15 is 0 Å². The van der Waals surface area contributed by atoms with Crippen molar-refractivity contribution in [2.75, 3.05) is 5.32 Å². The average molecular weight is 373 g/mol. The van der Waals surface area contributed by atoms with Gasteiger partial charge in [-0.05, 0) is 30.7 Å². The van der Waals surface area contributed by atoms with Crippen molar-refractivity contribution in [3.8, 4) is 0 Å². The third kappa shape index (κ3) is 4.25. The van der Waals surface area contributed by atoms with Crippen molar-refractivity contribution in [2.24, 2.45) is 0 Å². The summed E-state index contributed by atoms with van der Waals surface area (Å²) in [5.74, 6) is -1.62. The molecule has 0 bridgehead atoms. The number of carbonyl (C=O) groups excluding carboxylic acids is 1. The first kappa shape index (κ1) is 18.4. The van der Waals surface area contributed by atoms with E-state index in [2.05, 4.69) is 20.9 Å². The van der Waals surface area contributed by atoms with Gasteiger partial charge in [0, 0.05) is 6.07 Å². The molecule has 0 radical (unpaired) electrons. The fraction of sp³-hybridized carbons (Fsp3) is 0.222. The number of carbonyl (C=O) groups is 1. The van der Waals surface area contributed by atoms with Gasteiger partial charge < -0.3 is 10.6 Å². The molecule has 0 fully saturated rings. The molecule has 1 aromatic heterocycles. The second-order valence-electron chi connectivity index (χ2n) is 5.92. The molecule has 1 heterocycles. The highest BCUT2D eigenvalue weighted by Gasteiger charge is 2.15. The number of urea groups is 1. The van der Waals surface area contributed by atoms with Gasteiger partial charge in [0.2, 0.25) is 0 Å². The largest absolute Gasteiger partial charge is 0.333 e. The number of rotatable bonds is 5. The molecule has 3 aromatic rings. The van der Waals surface area contributed by atoms with E-state index in [1.165, 1.54) is 4.68 Å². The molecule has 9 heteroatoms. The Bertz CT molecular complexity index is 1040. The summed E-state index contributed by atoms with van der Waals surface area (Å²) in [4.78, 5) is 24.6. The maximum Gasteiger partial charge on any atom is 0.319 e. The second-order valence-corrected chi connectivity index (χ2v) is 5.92. The van der Waals surface area contributed by atoms with E-state index in [9.17, 15) is 18.4 Å². The number of aromatic nitrogens is 3. The summed E-state index contributed by atoms with van der Waals surface area (Å²) in [6.07, 6.45) is 0.500. The van der Waals surface area contributed by atoms with E-state index in [0.717, 1.165) is 12.1 Å². The lowest BCUT2D eigenvalue weighted by Crippen LogP contribution is -2.42. The molecule has 140 valence electrons. The summed E-state index contributed by atoms with van der Waals surface area (Å²) in [6.45, 7) is 1.93. The summed E-state index contributed by atoms with van der Waals surface area (Å²) in [5.41, 5.74) is 0.0292. The number of hydrogen-bond acceptors (Lipinski definition) is 4. The number of nitrogens with zero attached hydrogens (tertiary/aromatic N) is 3. The molecule has 1 atom stereocenters. The van der Waals surface area contributed by atoms with Crippen molar-refractivity contribution in [3.05, 3.63) is 64.5 Å². The Morgan fingerprint density at radius 2 is 2.00 bits per heavy atom. The molecule has 2 amide bonds. The number of amides is 2. The van der Waals surface area contributed by atoms with E-state index in [1.54, 1.807) is 24.3 Å². The number of benzene rings is 2. The monoisotopic (exact) mass is 373 g/mol.